The molecule has 1 fully saturated rings. The number of rotatable bonds is 6. The minimum absolute atomic E-state index is 0.240. The Balaban J connectivity index is 2.22. The second-order valence-corrected chi connectivity index (χ2v) is 7.03. The third-order valence-corrected chi connectivity index (χ3v) is 4.14. The van der Waals surface area contributed by atoms with Crippen molar-refractivity contribution >= 4 is 0 Å². The summed E-state index contributed by atoms with van der Waals surface area (Å²) in [5.41, 5.74) is 0.240. The number of hydrogen-bond acceptors (Lipinski definition) is 3. The molecule has 0 amide bonds. The Kier molecular flexibility index (Phi) is 6.09. The molecule has 2 unspecified atom stereocenters. The highest BCUT2D eigenvalue weighted by Gasteiger charge is 2.23. The van der Waals surface area contributed by atoms with Gasteiger partial charge < -0.3 is 15.1 Å². The highest BCUT2D eigenvalue weighted by Crippen LogP contribution is 2.16. The molecule has 0 bridgehead atoms. The Labute approximate surface area is 114 Å². The van der Waals surface area contributed by atoms with Gasteiger partial charge in [-0.05, 0) is 74.1 Å². The van der Waals surface area contributed by atoms with Crippen molar-refractivity contribution in [1.82, 2.24) is 15.1 Å². The van der Waals surface area contributed by atoms with Gasteiger partial charge in [0.2, 0.25) is 0 Å². The number of nitrogens with zero attached hydrogens (tertiary/aromatic N) is 2. The van der Waals surface area contributed by atoms with Crippen LogP contribution in [0.5, 0.6) is 0 Å². The molecule has 0 aromatic heterocycles. The quantitative estimate of drug-likeness (QED) is 0.785. The molecule has 0 radical (unpaired) electrons. The first-order valence-electron chi connectivity index (χ1n) is 7.45. The minimum atomic E-state index is 0.240. The van der Waals surface area contributed by atoms with Gasteiger partial charge >= 0.3 is 0 Å². The van der Waals surface area contributed by atoms with Gasteiger partial charge in [-0.15, -0.1) is 0 Å². The maximum atomic E-state index is 3.57. The van der Waals surface area contributed by atoms with Crippen LogP contribution in [0.4, 0.5) is 0 Å². The zero-order valence-electron chi connectivity index (χ0n) is 13.3. The molecule has 108 valence electrons. The van der Waals surface area contributed by atoms with Crippen molar-refractivity contribution in [2.75, 3.05) is 33.7 Å². The standard InChI is InChI=1S/C15H33N3/c1-13(9-10-16-15(2,3)4)18(6)12-14-8-7-11-17(14)5/h13-14,16H,7-12H2,1-6H3. The molecular weight excluding hydrogens is 222 g/mol. The predicted molar refractivity (Wildman–Crippen MR) is 80.1 cm³/mol. The van der Waals surface area contributed by atoms with Crippen LogP contribution in [0.1, 0.15) is 47.0 Å². The number of nitrogens with one attached hydrogen (secondary N) is 1. The largest absolute Gasteiger partial charge is 0.312 e. The van der Waals surface area contributed by atoms with Gasteiger partial charge in [-0.25, -0.2) is 0 Å². The maximum absolute atomic E-state index is 3.57. The van der Waals surface area contributed by atoms with Crippen LogP contribution < -0.4 is 5.32 Å². The van der Waals surface area contributed by atoms with E-state index < -0.39 is 0 Å². The van der Waals surface area contributed by atoms with Crippen molar-refractivity contribution < 1.29 is 0 Å². The van der Waals surface area contributed by atoms with Gasteiger partial charge in [0.05, 0.1) is 0 Å². The molecule has 1 rings (SSSR count). The van der Waals surface area contributed by atoms with Crippen LogP contribution in [-0.2, 0) is 0 Å². The van der Waals surface area contributed by atoms with E-state index in [0.717, 1.165) is 12.6 Å². The molecule has 1 heterocycles. The molecule has 1 N–H and O–H groups in total. The van der Waals surface area contributed by atoms with E-state index >= 15 is 0 Å². The van der Waals surface area contributed by atoms with Crippen LogP contribution in [-0.4, -0.2) is 61.2 Å². The Bertz CT molecular complexity index is 234. The summed E-state index contributed by atoms with van der Waals surface area (Å²) in [6.45, 7) is 12.6. The van der Waals surface area contributed by atoms with Crippen LogP contribution in [0.15, 0.2) is 0 Å². The zero-order valence-corrected chi connectivity index (χ0v) is 13.3. The maximum Gasteiger partial charge on any atom is 0.0220 e. The molecule has 1 saturated heterocycles. The van der Waals surface area contributed by atoms with Gasteiger partial charge in [0.1, 0.15) is 0 Å². The van der Waals surface area contributed by atoms with Gasteiger partial charge in [0.25, 0.3) is 0 Å². The summed E-state index contributed by atoms with van der Waals surface area (Å²) in [5, 5.41) is 3.57. The first kappa shape index (κ1) is 15.9. The monoisotopic (exact) mass is 255 g/mol. The molecule has 0 aliphatic carbocycles. The molecule has 3 nitrogen and oxygen atoms in total. The van der Waals surface area contributed by atoms with E-state index in [1.54, 1.807) is 0 Å². The van der Waals surface area contributed by atoms with Crippen LogP contribution in [0, 0.1) is 0 Å². The fourth-order valence-corrected chi connectivity index (χ4v) is 2.60. The smallest absolute Gasteiger partial charge is 0.0220 e. The Morgan fingerprint density at radius 2 is 2.06 bits per heavy atom. The van der Waals surface area contributed by atoms with Crippen LogP contribution in [0.3, 0.4) is 0 Å². The predicted octanol–water partition coefficient (Wildman–Crippen LogP) is 2.18. The Morgan fingerprint density at radius 3 is 2.56 bits per heavy atom. The van der Waals surface area contributed by atoms with E-state index in [1.807, 2.05) is 0 Å². The second kappa shape index (κ2) is 6.88. The van der Waals surface area contributed by atoms with E-state index in [0.29, 0.717) is 6.04 Å². The molecule has 0 aromatic carbocycles. The molecule has 0 saturated carbocycles. The van der Waals surface area contributed by atoms with Gasteiger partial charge in [0, 0.05) is 24.2 Å². The molecule has 1 aliphatic heterocycles. The summed E-state index contributed by atoms with van der Waals surface area (Å²) in [7, 11) is 4.53. The van der Waals surface area contributed by atoms with Crippen LogP contribution >= 0.6 is 0 Å². The lowest BCUT2D eigenvalue weighted by Gasteiger charge is -2.31. The van der Waals surface area contributed by atoms with Gasteiger partial charge in [-0.1, -0.05) is 0 Å². The molecular formula is C15H33N3. The summed E-state index contributed by atoms with van der Waals surface area (Å²) in [6.07, 6.45) is 3.97. The number of likely N-dealkylation sites (N-methyl/N-ethyl adjacent to an activating group) is 2. The molecule has 0 spiro atoms. The fraction of sp³-hybridized carbons (Fsp3) is 1.00. The van der Waals surface area contributed by atoms with E-state index in [2.05, 4.69) is 56.9 Å². The average molecular weight is 255 g/mol. The van der Waals surface area contributed by atoms with Crippen molar-refractivity contribution in [3.8, 4) is 0 Å². The van der Waals surface area contributed by atoms with E-state index in [9.17, 15) is 0 Å². The highest BCUT2D eigenvalue weighted by molar-refractivity contribution is 4.81. The third-order valence-electron chi connectivity index (χ3n) is 4.14. The summed E-state index contributed by atoms with van der Waals surface area (Å²) >= 11 is 0. The number of hydrogen-bond donors (Lipinski definition) is 1. The summed E-state index contributed by atoms with van der Waals surface area (Å²) in [5.74, 6) is 0. The van der Waals surface area contributed by atoms with Crippen LogP contribution in [0.25, 0.3) is 0 Å². The molecule has 3 heteroatoms. The van der Waals surface area contributed by atoms with Gasteiger partial charge in [0.15, 0.2) is 0 Å². The number of likely N-dealkylation sites (tertiary alicyclic amines) is 1. The Hall–Kier alpha value is -0.120. The fourth-order valence-electron chi connectivity index (χ4n) is 2.60. The SMILES string of the molecule is CC(CCNC(C)(C)C)N(C)CC1CCCN1C. The lowest BCUT2D eigenvalue weighted by atomic mass is 10.1. The normalized spacial score (nSPS) is 23.8. The summed E-state index contributed by atoms with van der Waals surface area (Å²) < 4.78 is 0. The molecule has 2 atom stereocenters. The first-order valence-corrected chi connectivity index (χ1v) is 7.45. The first-order chi connectivity index (χ1) is 8.29. The molecule has 0 aromatic rings. The zero-order chi connectivity index (χ0) is 13.8. The Morgan fingerprint density at radius 1 is 1.39 bits per heavy atom. The van der Waals surface area contributed by atoms with Gasteiger partial charge in [-0.2, -0.15) is 0 Å². The van der Waals surface area contributed by atoms with Crippen molar-refractivity contribution in [3.05, 3.63) is 0 Å². The lowest BCUT2D eigenvalue weighted by Crippen LogP contribution is -2.43. The van der Waals surface area contributed by atoms with E-state index in [1.165, 1.54) is 32.4 Å². The highest BCUT2D eigenvalue weighted by atomic mass is 15.2. The van der Waals surface area contributed by atoms with E-state index in [-0.39, 0.29) is 5.54 Å². The summed E-state index contributed by atoms with van der Waals surface area (Å²) in [6, 6.07) is 1.43. The lowest BCUT2D eigenvalue weighted by molar-refractivity contribution is 0.176. The topological polar surface area (TPSA) is 18.5 Å². The van der Waals surface area contributed by atoms with Crippen molar-refractivity contribution in [1.29, 1.82) is 0 Å². The third kappa shape index (κ3) is 5.68. The molecule has 18 heavy (non-hydrogen) atoms. The minimum Gasteiger partial charge on any atom is -0.312 e. The van der Waals surface area contributed by atoms with Crippen molar-refractivity contribution in [2.45, 2.75) is 64.6 Å². The van der Waals surface area contributed by atoms with Crippen LogP contribution in [0.2, 0.25) is 0 Å². The molecule has 1 aliphatic rings. The van der Waals surface area contributed by atoms with Crippen molar-refractivity contribution in [2.24, 2.45) is 0 Å². The van der Waals surface area contributed by atoms with Gasteiger partial charge in [-0.3, -0.25) is 0 Å². The summed E-state index contributed by atoms with van der Waals surface area (Å²) in [4.78, 5) is 5.04. The van der Waals surface area contributed by atoms with E-state index in [4.69, 9.17) is 0 Å². The average Bonchev–Trinajstić information content (AvgIpc) is 2.62. The van der Waals surface area contributed by atoms with Crippen molar-refractivity contribution in [3.63, 3.8) is 0 Å². The second-order valence-electron chi connectivity index (χ2n) is 7.03.